The minimum Gasteiger partial charge on any atom is -0.297 e. The highest BCUT2D eigenvalue weighted by Gasteiger charge is 1.99. The Kier molecular flexibility index (Phi) is 3.96. The first-order valence-electron chi connectivity index (χ1n) is 4.11. The van der Waals surface area contributed by atoms with E-state index >= 15 is 0 Å². The summed E-state index contributed by atoms with van der Waals surface area (Å²) in [7, 11) is 0. The molecule has 0 aliphatic rings. The largest absolute Gasteiger partial charge is 0.347 e. The number of benzene rings is 1. The Balaban J connectivity index is 2.54. The van der Waals surface area contributed by atoms with Crippen LogP contribution in [-0.2, 0) is 0 Å². The predicted octanol–water partition coefficient (Wildman–Crippen LogP) is 0.988. The fraction of sp³-hybridized carbons (Fsp3) is 0. The van der Waals surface area contributed by atoms with E-state index in [2.05, 4.69) is 17.4 Å². The summed E-state index contributed by atoms with van der Waals surface area (Å²) < 4.78 is 0. The molecule has 0 spiro atoms. The van der Waals surface area contributed by atoms with E-state index in [-0.39, 0.29) is 0 Å². The van der Waals surface area contributed by atoms with E-state index in [1.807, 2.05) is 5.43 Å². The van der Waals surface area contributed by atoms with Crippen LogP contribution in [0.3, 0.4) is 0 Å². The number of hydrazine groups is 2. The van der Waals surface area contributed by atoms with Crippen molar-refractivity contribution in [3.05, 3.63) is 41.4 Å². The molecule has 0 aliphatic heterocycles. The van der Waals surface area contributed by atoms with Crippen molar-refractivity contribution in [2.75, 3.05) is 0 Å². The molecule has 80 valence electrons. The number of rotatable bonds is 3. The Hall–Kier alpha value is -1.72. The van der Waals surface area contributed by atoms with Crippen LogP contribution < -0.4 is 22.1 Å². The minimum absolute atomic E-state index is 0.537. The molecule has 6 heteroatoms. The first-order chi connectivity index (χ1) is 7.13. The van der Waals surface area contributed by atoms with Crippen LogP contribution in [0.1, 0.15) is 5.56 Å². The second-order valence-electron chi connectivity index (χ2n) is 2.71. The van der Waals surface area contributed by atoms with Crippen LogP contribution in [0.2, 0.25) is 5.02 Å². The van der Waals surface area contributed by atoms with Gasteiger partial charge in [0.05, 0.1) is 5.70 Å². The SMILES string of the molecule is C=C(NNC(=O)NN)c1ccc(Cl)cc1. The van der Waals surface area contributed by atoms with Crippen molar-refractivity contribution < 1.29 is 4.79 Å². The summed E-state index contributed by atoms with van der Waals surface area (Å²) >= 11 is 5.72. The average molecular weight is 227 g/mol. The molecule has 0 radical (unpaired) electrons. The van der Waals surface area contributed by atoms with Gasteiger partial charge in [-0.2, -0.15) is 0 Å². The quantitative estimate of drug-likeness (QED) is 0.353. The Bertz CT molecular complexity index is 363. The predicted molar refractivity (Wildman–Crippen MR) is 59.5 cm³/mol. The van der Waals surface area contributed by atoms with E-state index in [0.717, 1.165) is 5.56 Å². The molecule has 1 aromatic rings. The van der Waals surface area contributed by atoms with Gasteiger partial charge in [0.15, 0.2) is 0 Å². The van der Waals surface area contributed by atoms with Crippen molar-refractivity contribution >= 4 is 23.3 Å². The first-order valence-corrected chi connectivity index (χ1v) is 4.48. The number of amides is 2. The fourth-order valence-corrected chi connectivity index (χ4v) is 1.02. The van der Waals surface area contributed by atoms with Gasteiger partial charge in [0.25, 0.3) is 0 Å². The first kappa shape index (κ1) is 11.4. The number of carbonyl (C=O) groups excluding carboxylic acids is 1. The van der Waals surface area contributed by atoms with Crippen molar-refractivity contribution in [2.45, 2.75) is 0 Å². The maximum absolute atomic E-state index is 10.7. The molecule has 0 heterocycles. The van der Waals surface area contributed by atoms with Gasteiger partial charge in [0.1, 0.15) is 0 Å². The molecule has 0 atom stereocenters. The molecule has 15 heavy (non-hydrogen) atoms. The number of halogens is 1. The summed E-state index contributed by atoms with van der Waals surface area (Å²) in [6.45, 7) is 3.72. The summed E-state index contributed by atoms with van der Waals surface area (Å²) in [5.74, 6) is 4.87. The van der Waals surface area contributed by atoms with Gasteiger partial charge in [0.2, 0.25) is 0 Å². The second-order valence-corrected chi connectivity index (χ2v) is 3.15. The molecule has 2 amide bonds. The molecule has 5 N–H and O–H groups in total. The average Bonchev–Trinajstić information content (AvgIpc) is 2.26. The second kappa shape index (κ2) is 5.23. The molecule has 5 nitrogen and oxygen atoms in total. The van der Waals surface area contributed by atoms with Gasteiger partial charge < -0.3 is 0 Å². The van der Waals surface area contributed by atoms with Gasteiger partial charge in [0, 0.05) is 5.02 Å². The van der Waals surface area contributed by atoms with E-state index in [1.165, 1.54) is 0 Å². The van der Waals surface area contributed by atoms with Crippen molar-refractivity contribution in [2.24, 2.45) is 5.84 Å². The molecule has 0 aromatic heterocycles. The van der Waals surface area contributed by atoms with E-state index < -0.39 is 6.03 Å². The molecule has 1 aromatic carbocycles. The Morgan fingerprint density at radius 3 is 2.40 bits per heavy atom. The van der Waals surface area contributed by atoms with Crippen LogP contribution >= 0.6 is 11.6 Å². The molecule has 0 saturated heterocycles. The van der Waals surface area contributed by atoms with Crippen LogP contribution in [0.4, 0.5) is 4.79 Å². The monoisotopic (exact) mass is 226 g/mol. The van der Waals surface area contributed by atoms with Gasteiger partial charge in [-0.15, -0.1) is 0 Å². The normalized spacial score (nSPS) is 9.20. The van der Waals surface area contributed by atoms with Crippen LogP contribution in [0.15, 0.2) is 30.8 Å². The zero-order chi connectivity index (χ0) is 11.3. The van der Waals surface area contributed by atoms with E-state index in [0.29, 0.717) is 10.7 Å². The summed E-state index contributed by atoms with van der Waals surface area (Å²) in [5.41, 5.74) is 8.14. The number of hydrogen-bond donors (Lipinski definition) is 4. The fourth-order valence-electron chi connectivity index (χ4n) is 0.892. The molecule has 0 saturated carbocycles. The smallest absolute Gasteiger partial charge is 0.297 e. The van der Waals surface area contributed by atoms with Crippen molar-refractivity contribution in [3.63, 3.8) is 0 Å². The Morgan fingerprint density at radius 2 is 1.87 bits per heavy atom. The van der Waals surface area contributed by atoms with Crippen molar-refractivity contribution in [1.82, 2.24) is 16.3 Å². The van der Waals surface area contributed by atoms with Crippen LogP contribution in [0, 0.1) is 0 Å². The highest BCUT2D eigenvalue weighted by molar-refractivity contribution is 6.30. The van der Waals surface area contributed by atoms with E-state index in [4.69, 9.17) is 17.4 Å². The lowest BCUT2D eigenvalue weighted by Gasteiger charge is -2.10. The third kappa shape index (κ3) is 3.49. The number of carbonyl (C=O) groups is 1. The zero-order valence-corrected chi connectivity index (χ0v) is 8.64. The summed E-state index contributed by atoms with van der Waals surface area (Å²) in [6.07, 6.45) is 0. The highest BCUT2D eigenvalue weighted by atomic mass is 35.5. The summed E-state index contributed by atoms with van der Waals surface area (Å²) in [6, 6.07) is 6.46. The van der Waals surface area contributed by atoms with Gasteiger partial charge in [-0.1, -0.05) is 30.3 Å². The molecular formula is C9H11ClN4O. The lowest BCUT2D eigenvalue weighted by molar-refractivity contribution is 0.239. The molecule has 0 bridgehead atoms. The lowest BCUT2D eigenvalue weighted by atomic mass is 10.2. The third-order valence-corrected chi connectivity index (χ3v) is 1.90. The maximum atomic E-state index is 10.7. The van der Waals surface area contributed by atoms with Crippen LogP contribution in [0.25, 0.3) is 5.70 Å². The molecule has 0 fully saturated rings. The van der Waals surface area contributed by atoms with Crippen LogP contribution in [0.5, 0.6) is 0 Å². The molecular weight excluding hydrogens is 216 g/mol. The topological polar surface area (TPSA) is 79.2 Å². The minimum atomic E-state index is -0.551. The lowest BCUT2D eigenvalue weighted by Crippen LogP contribution is -2.45. The van der Waals surface area contributed by atoms with Gasteiger partial charge in [-0.05, 0) is 17.7 Å². The summed E-state index contributed by atoms with van der Waals surface area (Å²) in [4.78, 5) is 10.7. The van der Waals surface area contributed by atoms with E-state index in [1.54, 1.807) is 24.3 Å². The third-order valence-electron chi connectivity index (χ3n) is 1.65. The molecule has 0 unspecified atom stereocenters. The van der Waals surface area contributed by atoms with Gasteiger partial charge >= 0.3 is 6.03 Å². The number of hydrogen-bond acceptors (Lipinski definition) is 3. The maximum Gasteiger partial charge on any atom is 0.347 e. The number of nitrogens with one attached hydrogen (secondary N) is 3. The summed E-state index contributed by atoms with van der Waals surface area (Å²) in [5, 5.41) is 0.638. The Morgan fingerprint density at radius 1 is 1.27 bits per heavy atom. The number of urea groups is 1. The standard InChI is InChI=1S/C9H11ClN4O/c1-6(13-14-9(15)12-11)7-2-4-8(10)5-3-7/h2-5,13H,1,11H2,(H2,12,14,15). The van der Waals surface area contributed by atoms with Crippen molar-refractivity contribution in [1.29, 1.82) is 0 Å². The van der Waals surface area contributed by atoms with Crippen LogP contribution in [-0.4, -0.2) is 6.03 Å². The molecule has 1 rings (SSSR count). The van der Waals surface area contributed by atoms with Gasteiger partial charge in [-0.3, -0.25) is 16.3 Å². The number of nitrogens with two attached hydrogens (primary N) is 1. The van der Waals surface area contributed by atoms with Crippen molar-refractivity contribution in [3.8, 4) is 0 Å². The highest BCUT2D eigenvalue weighted by Crippen LogP contribution is 2.13. The Labute approximate surface area is 92.2 Å². The molecule has 0 aliphatic carbocycles. The zero-order valence-electron chi connectivity index (χ0n) is 7.88. The van der Waals surface area contributed by atoms with Gasteiger partial charge in [-0.25, -0.2) is 10.6 Å². The van der Waals surface area contributed by atoms with E-state index in [9.17, 15) is 4.79 Å².